The molecule has 0 aliphatic rings. The molecule has 0 radical (unpaired) electrons. The van der Waals surface area contributed by atoms with Crippen molar-refractivity contribution >= 4 is 40.3 Å². The van der Waals surface area contributed by atoms with Crippen LogP contribution in [0.3, 0.4) is 0 Å². The average Bonchev–Trinajstić information content (AvgIpc) is 1.96. The van der Waals surface area contributed by atoms with Gasteiger partial charge in [0.25, 0.3) is 0 Å². The molecular formula is C7H4FIO2S. The fourth-order valence-corrected chi connectivity index (χ4v) is 1.49. The molecule has 1 rings (SSSR count). The minimum atomic E-state index is -0.648. The van der Waals surface area contributed by atoms with Gasteiger partial charge in [0.2, 0.25) is 5.12 Å². The van der Waals surface area contributed by atoms with Gasteiger partial charge in [0, 0.05) is 0 Å². The molecule has 0 saturated heterocycles. The molecule has 0 spiro atoms. The maximum Gasteiger partial charge on any atom is 0.220 e. The van der Waals surface area contributed by atoms with Crippen molar-refractivity contribution in [1.82, 2.24) is 0 Å². The largest absolute Gasteiger partial charge is 0.506 e. The quantitative estimate of drug-likeness (QED) is 0.616. The predicted molar refractivity (Wildman–Crippen MR) is 54.1 cm³/mol. The zero-order valence-electron chi connectivity index (χ0n) is 5.71. The predicted octanol–water partition coefficient (Wildman–Crippen LogP) is 2.21. The summed E-state index contributed by atoms with van der Waals surface area (Å²) >= 11 is 5.22. The monoisotopic (exact) mass is 298 g/mol. The Morgan fingerprint density at radius 2 is 2.17 bits per heavy atom. The van der Waals surface area contributed by atoms with Gasteiger partial charge in [-0.25, -0.2) is 4.39 Å². The molecule has 1 aromatic carbocycles. The summed E-state index contributed by atoms with van der Waals surface area (Å²) in [6, 6.07) is 2.09. The molecule has 1 N–H and O–H groups in total. The fraction of sp³-hybridized carbons (Fsp3) is 0. The molecule has 2 nitrogen and oxygen atoms in total. The van der Waals surface area contributed by atoms with Crippen molar-refractivity contribution in [2.24, 2.45) is 0 Å². The Morgan fingerprint density at radius 3 is 2.67 bits per heavy atom. The number of rotatable bonds is 1. The van der Waals surface area contributed by atoms with Crippen LogP contribution >= 0.6 is 35.2 Å². The van der Waals surface area contributed by atoms with Crippen LogP contribution in [0, 0.1) is 9.39 Å². The number of hydrogen-bond donors (Lipinski definition) is 2. The fourth-order valence-electron chi connectivity index (χ4n) is 0.729. The van der Waals surface area contributed by atoms with Crippen molar-refractivity contribution in [3.05, 3.63) is 27.1 Å². The highest BCUT2D eigenvalue weighted by atomic mass is 127. The smallest absolute Gasteiger partial charge is 0.220 e. The first-order valence-electron chi connectivity index (χ1n) is 2.93. The molecule has 12 heavy (non-hydrogen) atoms. The number of thiol groups is 1. The van der Waals surface area contributed by atoms with Crippen LogP contribution in [0.5, 0.6) is 5.75 Å². The lowest BCUT2D eigenvalue weighted by Crippen LogP contribution is -1.93. The zero-order chi connectivity index (χ0) is 9.30. The van der Waals surface area contributed by atoms with Crippen molar-refractivity contribution in [2.45, 2.75) is 0 Å². The van der Waals surface area contributed by atoms with Crippen molar-refractivity contribution in [1.29, 1.82) is 0 Å². The number of benzene rings is 1. The van der Waals surface area contributed by atoms with Gasteiger partial charge in [-0.3, -0.25) is 4.79 Å². The number of phenolic OH excluding ortho intramolecular Hbond substituents is 1. The maximum absolute atomic E-state index is 12.7. The van der Waals surface area contributed by atoms with Crippen LogP contribution in [-0.4, -0.2) is 10.2 Å². The van der Waals surface area contributed by atoms with Crippen LogP contribution in [0.1, 0.15) is 10.4 Å². The van der Waals surface area contributed by atoms with E-state index in [2.05, 4.69) is 12.6 Å². The van der Waals surface area contributed by atoms with E-state index < -0.39 is 10.9 Å². The Labute approximate surface area is 87.3 Å². The van der Waals surface area contributed by atoms with E-state index in [0.717, 1.165) is 12.1 Å². The van der Waals surface area contributed by atoms with Gasteiger partial charge in [0.15, 0.2) is 0 Å². The third-order valence-corrected chi connectivity index (χ3v) is 2.32. The Kier molecular flexibility index (Phi) is 2.94. The molecule has 0 fully saturated rings. The molecule has 0 aliphatic heterocycles. The van der Waals surface area contributed by atoms with Gasteiger partial charge in [-0.2, -0.15) is 0 Å². The number of aromatic hydroxyl groups is 1. The van der Waals surface area contributed by atoms with E-state index in [1.165, 1.54) is 0 Å². The Hall–Kier alpha value is -0.300. The summed E-state index contributed by atoms with van der Waals surface area (Å²) in [5.74, 6) is -0.786. The number of phenols is 1. The lowest BCUT2D eigenvalue weighted by atomic mass is 10.2. The first kappa shape index (κ1) is 9.79. The second kappa shape index (κ2) is 3.61. The minimum absolute atomic E-state index is 0.109. The maximum atomic E-state index is 12.7. The topological polar surface area (TPSA) is 37.3 Å². The summed E-state index contributed by atoms with van der Waals surface area (Å²) in [6.45, 7) is 0. The van der Waals surface area contributed by atoms with E-state index in [1.54, 1.807) is 22.6 Å². The van der Waals surface area contributed by atoms with Gasteiger partial charge in [-0.15, -0.1) is 12.6 Å². The highest BCUT2D eigenvalue weighted by Crippen LogP contribution is 2.26. The molecule has 64 valence electrons. The number of hydrogen-bond acceptors (Lipinski definition) is 2. The van der Waals surface area contributed by atoms with Crippen LogP contribution < -0.4 is 0 Å². The normalized spacial score (nSPS) is 9.92. The molecule has 0 aromatic heterocycles. The van der Waals surface area contributed by atoms with Crippen molar-refractivity contribution < 1.29 is 14.3 Å². The molecule has 0 unspecified atom stereocenters. The molecule has 0 saturated carbocycles. The van der Waals surface area contributed by atoms with Gasteiger partial charge in [-0.1, -0.05) is 0 Å². The van der Waals surface area contributed by atoms with E-state index in [0.29, 0.717) is 3.57 Å². The van der Waals surface area contributed by atoms with Crippen molar-refractivity contribution in [3.8, 4) is 5.75 Å². The molecular weight excluding hydrogens is 294 g/mol. The van der Waals surface area contributed by atoms with E-state index in [9.17, 15) is 14.3 Å². The third kappa shape index (κ3) is 1.89. The summed E-state index contributed by atoms with van der Waals surface area (Å²) in [7, 11) is 0. The summed E-state index contributed by atoms with van der Waals surface area (Å²) in [6.07, 6.45) is 0. The second-order valence-electron chi connectivity index (χ2n) is 2.09. The summed E-state index contributed by atoms with van der Waals surface area (Å²) in [4.78, 5) is 10.7. The Bertz CT molecular complexity index is 340. The Morgan fingerprint density at radius 1 is 1.58 bits per heavy atom. The summed E-state index contributed by atoms with van der Waals surface area (Å²) in [5, 5.41) is 8.60. The molecule has 1 aromatic rings. The van der Waals surface area contributed by atoms with Gasteiger partial charge in [0.1, 0.15) is 11.6 Å². The van der Waals surface area contributed by atoms with Crippen LogP contribution in [0.25, 0.3) is 0 Å². The number of carbonyl (C=O) groups is 1. The van der Waals surface area contributed by atoms with Crippen LogP contribution in [0.4, 0.5) is 4.39 Å². The zero-order valence-corrected chi connectivity index (χ0v) is 8.77. The van der Waals surface area contributed by atoms with Crippen molar-refractivity contribution in [2.75, 3.05) is 0 Å². The molecule has 0 amide bonds. The highest BCUT2D eigenvalue weighted by Gasteiger charge is 2.11. The standard InChI is InChI=1S/C7H4FIO2S/c8-3-1-4(7(11)12)6(10)5(9)2-3/h1-2,10H,(H,11,12). The summed E-state index contributed by atoms with van der Waals surface area (Å²) < 4.78 is 13.0. The van der Waals surface area contributed by atoms with Gasteiger partial charge >= 0.3 is 0 Å². The first-order chi connectivity index (χ1) is 5.52. The SMILES string of the molecule is O=C(S)c1cc(F)cc(I)c1O. The van der Waals surface area contributed by atoms with Crippen LogP contribution in [-0.2, 0) is 0 Å². The molecule has 0 aliphatic carbocycles. The van der Waals surface area contributed by atoms with E-state index in [4.69, 9.17) is 0 Å². The molecule has 0 bridgehead atoms. The molecule has 0 atom stereocenters. The lowest BCUT2D eigenvalue weighted by Gasteiger charge is -2.01. The summed E-state index contributed by atoms with van der Waals surface area (Å²) in [5.41, 5.74) is -0.109. The lowest BCUT2D eigenvalue weighted by molar-refractivity contribution is 0.108. The number of halogens is 2. The second-order valence-corrected chi connectivity index (χ2v) is 3.66. The molecule has 0 heterocycles. The third-order valence-electron chi connectivity index (χ3n) is 1.26. The van der Waals surface area contributed by atoms with E-state index in [1.807, 2.05) is 0 Å². The van der Waals surface area contributed by atoms with Gasteiger partial charge in [0.05, 0.1) is 9.13 Å². The average molecular weight is 298 g/mol. The minimum Gasteiger partial charge on any atom is -0.506 e. The van der Waals surface area contributed by atoms with Gasteiger partial charge < -0.3 is 5.11 Å². The van der Waals surface area contributed by atoms with E-state index >= 15 is 0 Å². The number of carbonyl (C=O) groups excluding carboxylic acids is 1. The van der Waals surface area contributed by atoms with Crippen LogP contribution in [0.15, 0.2) is 12.1 Å². The van der Waals surface area contributed by atoms with E-state index in [-0.39, 0.29) is 11.3 Å². The first-order valence-corrected chi connectivity index (χ1v) is 4.46. The Balaban J connectivity index is 3.37. The van der Waals surface area contributed by atoms with Crippen LogP contribution in [0.2, 0.25) is 0 Å². The van der Waals surface area contributed by atoms with Gasteiger partial charge in [-0.05, 0) is 34.7 Å². The molecule has 5 heteroatoms. The highest BCUT2D eigenvalue weighted by molar-refractivity contribution is 14.1. The van der Waals surface area contributed by atoms with Crippen molar-refractivity contribution in [3.63, 3.8) is 0 Å².